The molecule has 2 N–H and O–H groups in total. The lowest BCUT2D eigenvalue weighted by Gasteiger charge is -2.18. The molecule has 1 aromatic carbocycles. The number of pyridine rings is 2. The number of hydrogen-bond donors (Lipinski definition) is 2. The van der Waals surface area contributed by atoms with Gasteiger partial charge in [-0.15, -0.1) is 0 Å². The molecule has 1 aliphatic carbocycles. The number of benzene rings is 1. The van der Waals surface area contributed by atoms with E-state index in [1.807, 2.05) is 0 Å². The van der Waals surface area contributed by atoms with E-state index in [9.17, 15) is 27.1 Å². The molecule has 2 heterocycles. The standard InChI is InChI=1S/C27H27F5N2O3.CH2O2/c1-15-6-16-10-24(33-12-17(16)7-15)37-14-19-8-20(21(11-22(19)28)27(30,31)32)18-9-23(29)25(34-13-18)36-5-4-26(2,3)35;2-1-3/h8-13,15,35H,4-7,14H2,1-3H3;1H,(H,2,3). The van der Waals surface area contributed by atoms with E-state index in [-0.39, 0.29) is 43.1 Å². The molecule has 0 saturated carbocycles. The summed E-state index contributed by atoms with van der Waals surface area (Å²) in [7, 11) is 0. The molecule has 12 heteroatoms. The van der Waals surface area contributed by atoms with Crippen molar-refractivity contribution in [2.45, 2.75) is 58.4 Å². The zero-order valence-electron chi connectivity index (χ0n) is 22.1. The number of aromatic nitrogens is 2. The van der Waals surface area contributed by atoms with E-state index in [0.29, 0.717) is 12.0 Å². The maximum absolute atomic E-state index is 14.7. The number of alkyl halides is 3. The van der Waals surface area contributed by atoms with Crippen LogP contribution >= 0.6 is 0 Å². The summed E-state index contributed by atoms with van der Waals surface area (Å²) in [6, 6.07) is 3.97. The van der Waals surface area contributed by atoms with Gasteiger partial charge in [0, 0.05) is 36.0 Å². The molecule has 0 radical (unpaired) electrons. The molecule has 0 amide bonds. The molecule has 0 bridgehead atoms. The number of halogens is 5. The van der Waals surface area contributed by atoms with Crippen molar-refractivity contribution in [1.29, 1.82) is 0 Å². The van der Waals surface area contributed by atoms with E-state index in [1.54, 1.807) is 26.1 Å². The van der Waals surface area contributed by atoms with Gasteiger partial charge in [-0.2, -0.15) is 13.2 Å². The molecule has 3 aromatic rings. The van der Waals surface area contributed by atoms with Gasteiger partial charge in [0.1, 0.15) is 12.4 Å². The van der Waals surface area contributed by atoms with Crippen LogP contribution in [0.1, 0.15) is 49.4 Å². The predicted octanol–water partition coefficient (Wildman–Crippen LogP) is 5.99. The fraction of sp³-hybridized carbons (Fsp3) is 0.393. The Morgan fingerprint density at radius 3 is 2.30 bits per heavy atom. The van der Waals surface area contributed by atoms with Gasteiger partial charge in [-0.3, -0.25) is 4.79 Å². The van der Waals surface area contributed by atoms with E-state index in [0.717, 1.165) is 42.3 Å². The summed E-state index contributed by atoms with van der Waals surface area (Å²) in [5.41, 5.74) is -0.913. The summed E-state index contributed by atoms with van der Waals surface area (Å²) in [4.78, 5) is 16.4. The fourth-order valence-corrected chi connectivity index (χ4v) is 4.21. The molecule has 2 aromatic heterocycles. The SMILES string of the molecule is CC1Cc2cnc(OCc3cc(-c4cnc(OCCC(C)(C)O)c(F)c4)c(C(F)(F)F)cc3F)cc2C1.O=CO. The molecule has 0 fully saturated rings. The van der Waals surface area contributed by atoms with Crippen molar-refractivity contribution in [3.05, 3.63) is 70.5 Å². The van der Waals surface area contributed by atoms with Crippen molar-refractivity contribution >= 4 is 6.47 Å². The van der Waals surface area contributed by atoms with Crippen molar-refractivity contribution in [2.24, 2.45) is 5.92 Å². The van der Waals surface area contributed by atoms with Gasteiger partial charge in [-0.1, -0.05) is 6.92 Å². The van der Waals surface area contributed by atoms with E-state index in [2.05, 4.69) is 16.9 Å². The van der Waals surface area contributed by atoms with E-state index in [4.69, 9.17) is 19.4 Å². The third-order valence-corrected chi connectivity index (χ3v) is 6.13. The molecule has 1 unspecified atom stereocenters. The Morgan fingerprint density at radius 2 is 1.68 bits per heavy atom. The Morgan fingerprint density at radius 1 is 1.00 bits per heavy atom. The van der Waals surface area contributed by atoms with Crippen molar-refractivity contribution < 1.29 is 46.4 Å². The number of hydrogen-bond acceptors (Lipinski definition) is 6. The van der Waals surface area contributed by atoms with Crippen LogP contribution in [-0.4, -0.2) is 38.9 Å². The Bertz CT molecular complexity index is 1340. The quantitative estimate of drug-likeness (QED) is 0.254. The second-order valence-corrected chi connectivity index (χ2v) is 10.1. The number of fused-ring (bicyclic) bond motifs is 1. The summed E-state index contributed by atoms with van der Waals surface area (Å²) in [6.07, 6.45) is -0.211. The van der Waals surface area contributed by atoms with Crippen molar-refractivity contribution in [3.63, 3.8) is 0 Å². The Hall–Kier alpha value is -3.80. The van der Waals surface area contributed by atoms with Gasteiger partial charge in [0.25, 0.3) is 6.47 Å². The average Bonchev–Trinajstić information content (AvgIpc) is 3.22. The first-order chi connectivity index (χ1) is 18.7. The lowest BCUT2D eigenvalue weighted by Crippen LogP contribution is -2.22. The minimum Gasteiger partial charge on any atom is -0.483 e. The molecular formula is C28H29F5N2O5. The van der Waals surface area contributed by atoms with Gasteiger partial charge in [-0.05, 0) is 67.5 Å². The summed E-state index contributed by atoms with van der Waals surface area (Å²) < 4.78 is 81.4. The number of carbonyl (C=O) groups is 1. The number of nitrogens with zero attached hydrogens (tertiary/aromatic N) is 2. The van der Waals surface area contributed by atoms with Gasteiger partial charge in [0.2, 0.25) is 11.8 Å². The highest BCUT2D eigenvalue weighted by Crippen LogP contribution is 2.39. The second kappa shape index (κ2) is 12.6. The minimum atomic E-state index is -4.90. The first-order valence-electron chi connectivity index (χ1n) is 12.3. The second-order valence-electron chi connectivity index (χ2n) is 10.1. The van der Waals surface area contributed by atoms with Crippen LogP contribution in [0.5, 0.6) is 11.8 Å². The Kier molecular flexibility index (Phi) is 9.67. The van der Waals surface area contributed by atoms with E-state index >= 15 is 0 Å². The molecule has 1 aliphatic rings. The molecule has 1 atom stereocenters. The van der Waals surface area contributed by atoms with Crippen LogP contribution in [0, 0.1) is 17.6 Å². The molecule has 0 spiro atoms. The first kappa shape index (κ1) is 30.7. The molecule has 0 saturated heterocycles. The minimum absolute atomic E-state index is 0.0474. The van der Waals surface area contributed by atoms with E-state index < -0.39 is 40.4 Å². The predicted molar refractivity (Wildman–Crippen MR) is 135 cm³/mol. The number of aliphatic hydroxyl groups is 1. The van der Waals surface area contributed by atoms with Gasteiger partial charge in [-0.25, -0.2) is 18.7 Å². The molecular weight excluding hydrogens is 539 g/mol. The van der Waals surface area contributed by atoms with Gasteiger partial charge >= 0.3 is 6.18 Å². The van der Waals surface area contributed by atoms with Crippen LogP contribution < -0.4 is 9.47 Å². The molecule has 4 rings (SSSR count). The molecule has 216 valence electrons. The summed E-state index contributed by atoms with van der Waals surface area (Å²) in [5.74, 6) is -1.78. The Labute approximate surface area is 227 Å². The van der Waals surface area contributed by atoms with E-state index in [1.165, 1.54) is 0 Å². The highest BCUT2D eigenvalue weighted by molar-refractivity contribution is 5.69. The highest BCUT2D eigenvalue weighted by Gasteiger charge is 2.35. The van der Waals surface area contributed by atoms with Crippen LogP contribution in [0.3, 0.4) is 0 Å². The van der Waals surface area contributed by atoms with Gasteiger partial charge in [0.05, 0.1) is 17.8 Å². The van der Waals surface area contributed by atoms with Crippen molar-refractivity contribution in [2.75, 3.05) is 6.61 Å². The molecule has 40 heavy (non-hydrogen) atoms. The fourth-order valence-electron chi connectivity index (χ4n) is 4.21. The van der Waals surface area contributed by atoms with Crippen LogP contribution in [0.25, 0.3) is 11.1 Å². The highest BCUT2D eigenvalue weighted by atomic mass is 19.4. The first-order valence-corrected chi connectivity index (χ1v) is 12.3. The summed E-state index contributed by atoms with van der Waals surface area (Å²) in [5, 5.41) is 16.6. The zero-order chi connectivity index (χ0) is 29.7. The van der Waals surface area contributed by atoms with Crippen LogP contribution in [0.15, 0.2) is 36.7 Å². The zero-order valence-corrected chi connectivity index (χ0v) is 22.1. The lowest BCUT2D eigenvalue weighted by atomic mass is 9.97. The normalized spacial score (nSPS) is 14.7. The average molecular weight is 569 g/mol. The topological polar surface area (TPSA) is 102 Å². The smallest absolute Gasteiger partial charge is 0.417 e. The largest absolute Gasteiger partial charge is 0.483 e. The van der Waals surface area contributed by atoms with Gasteiger partial charge in [0.15, 0.2) is 5.82 Å². The van der Waals surface area contributed by atoms with Crippen LogP contribution in [0.2, 0.25) is 0 Å². The van der Waals surface area contributed by atoms with Crippen molar-refractivity contribution in [1.82, 2.24) is 9.97 Å². The maximum Gasteiger partial charge on any atom is 0.417 e. The number of ether oxygens (including phenoxy) is 2. The summed E-state index contributed by atoms with van der Waals surface area (Å²) >= 11 is 0. The monoisotopic (exact) mass is 568 g/mol. The Balaban J connectivity index is 0.00000141. The number of rotatable bonds is 8. The third kappa shape index (κ3) is 8.10. The van der Waals surface area contributed by atoms with Crippen molar-refractivity contribution in [3.8, 4) is 22.9 Å². The lowest BCUT2D eigenvalue weighted by molar-refractivity contribution is -0.137. The van der Waals surface area contributed by atoms with Crippen LogP contribution in [-0.2, 0) is 30.4 Å². The summed E-state index contributed by atoms with van der Waals surface area (Å²) in [6.45, 7) is 4.56. The number of carboxylic acid groups (broad SMARTS) is 1. The van der Waals surface area contributed by atoms with Gasteiger partial charge < -0.3 is 19.7 Å². The molecule has 7 nitrogen and oxygen atoms in total. The maximum atomic E-state index is 14.7. The van der Waals surface area contributed by atoms with Crippen LogP contribution in [0.4, 0.5) is 22.0 Å². The third-order valence-electron chi connectivity index (χ3n) is 6.13. The molecule has 0 aliphatic heterocycles.